The topological polar surface area (TPSA) is 102 Å². The molecule has 1 unspecified atom stereocenters. The van der Waals surface area contributed by atoms with Crippen LogP contribution in [0.5, 0.6) is 5.75 Å². The summed E-state index contributed by atoms with van der Waals surface area (Å²) in [5.74, 6) is -0.976. The van der Waals surface area contributed by atoms with Crippen molar-refractivity contribution in [3.05, 3.63) is 112 Å². The number of aromatic nitrogens is 1. The molecule has 0 saturated heterocycles. The molecule has 7 nitrogen and oxygen atoms in total. The third-order valence-corrected chi connectivity index (χ3v) is 8.00. The number of para-hydroxylation sites is 1. The second-order valence-corrected chi connectivity index (χ2v) is 10.8. The van der Waals surface area contributed by atoms with Crippen molar-refractivity contribution in [1.82, 2.24) is 4.98 Å². The number of carboxylic acids is 1. The first-order chi connectivity index (χ1) is 19.9. The van der Waals surface area contributed by atoms with Crippen LogP contribution in [-0.4, -0.2) is 22.0 Å². The Hall–Kier alpha value is -4.66. The number of furan rings is 1. The van der Waals surface area contributed by atoms with Crippen LogP contribution in [0, 0.1) is 0 Å². The smallest absolute Gasteiger partial charge is 0.349 e. The fourth-order valence-corrected chi connectivity index (χ4v) is 5.79. The third kappa shape index (κ3) is 5.27. The lowest BCUT2D eigenvalue weighted by molar-refractivity contribution is -0.145. The Balaban J connectivity index is 1.24. The van der Waals surface area contributed by atoms with Crippen molar-refractivity contribution in [1.29, 1.82) is 0 Å². The number of nitrogens with zero attached hydrogens (tertiary/aromatic N) is 1. The van der Waals surface area contributed by atoms with Gasteiger partial charge in [0.1, 0.15) is 16.9 Å². The van der Waals surface area contributed by atoms with E-state index in [2.05, 4.69) is 5.32 Å². The van der Waals surface area contributed by atoms with Crippen molar-refractivity contribution in [3.8, 4) is 17.0 Å². The molecule has 1 amide bonds. The summed E-state index contributed by atoms with van der Waals surface area (Å²) in [5, 5.41) is 15.3. The van der Waals surface area contributed by atoms with Crippen LogP contribution in [0.25, 0.3) is 33.2 Å². The number of benzene rings is 4. The van der Waals surface area contributed by atoms with Crippen LogP contribution >= 0.6 is 22.9 Å². The Labute approximate surface area is 244 Å². The molecule has 6 rings (SSSR count). The summed E-state index contributed by atoms with van der Waals surface area (Å²) >= 11 is 7.58. The van der Waals surface area contributed by atoms with Crippen LogP contribution in [0.1, 0.15) is 33.8 Å². The van der Waals surface area contributed by atoms with E-state index in [0.717, 1.165) is 33.3 Å². The molecular weight excluding hydrogens is 560 g/mol. The van der Waals surface area contributed by atoms with Crippen LogP contribution in [-0.2, 0) is 11.2 Å². The third-order valence-electron chi connectivity index (χ3n) is 6.65. The van der Waals surface area contributed by atoms with Crippen molar-refractivity contribution in [2.45, 2.75) is 19.4 Å². The summed E-state index contributed by atoms with van der Waals surface area (Å²) in [6.07, 6.45) is -0.404. The summed E-state index contributed by atoms with van der Waals surface area (Å²) in [6.45, 7) is 2.03. The quantitative estimate of drug-likeness (QED) is 0.187. The van der Waals surface area contributed by atoms with Crippen LogP contribution in [0.3, 0.4) is 0 Å². The van der Waals surface area contributed by atoms with Gasteiger partial charge in [0.15, 0.2) is 5.13 Å². The first-order valence-corrected chi connectivity index (χ1v) is 14.1. The summed E-state index contributed by atoms with van der Waals surface area (Å²) in [5.41, 5.74) is 3.67. The molecule has 2 heterocycles. The molecular formula is C32H23ClN2O5S. The zero-order valence-corrected chi connectivity index (χ0v) is 23.3. The number of anilines is 1. The number of fused-ring (bicyclic) bond motifs is 3. The van der Waals surface area contributed by atoms with E-state index in [1.54, 1.807) is 54.6 Å². The maximum atomic E-state index is 13.3. The zero-order valence-electron chi connectivity index (χ0n) is 21.8. The molecule has 6 aromatic rings. The van der Waals surface area contributed by atoms with E-state index < -0.39 is 12.1 Å². The molecule has 2 N–H and O–H groups in total. The molecule has 9 heteroatoms. The van der Waals surface area contributed by atoms with E-state index in [1.165, 1.54) is 11.3 Å². The highest BCUT2D eigenvalue weighted by molar-refractivity contribution is 7.16. The molecule has 2 aromatic heterocycles. The number of carboxylic acid groups (broad SMARTS) is 1. The standard InChI is InChI=1S/C32H23ClN2O5S/c1-2-26-27(18-11-14-21(15-12-18)39-28(31(37)38)19-7-4-3-5-8-19)34-32(41-26)35-30(36)23-10-6-9-22-24-17-20(33)13-16-25(24)40-29(22)23/h3-17,28H,2H2,1H3,(H,37,38)(H,34,35,36). The second kappa shape index (κ2) is 11.1. The normalized spacial score (nSPS) is 12.0. The van der Waals surface area contributed by atoms with Gasteiger partial charge in [0.25, 0.3) is 5.91 Å². The predicted octanol–water partition coefficient (Wildman–Crippen LogP) is 8.38. The Kier molecular flexibility index (Phi) is 7.17. The largest absolute Gasteiger partial charge is 0.478 e. The van der Waals surface area contributed by atoms with Gasteiger partial charge in [-0.25, -0.2) is 9.78 Å². The number of halogens is 1. The number of ether oxygens (including phenoxy) is 1. The molecule has 0 radical (unpaired) electrons. The minimum Gasteiger partial charge on any atom is -0.478 e. The average molecular weight is 583 g/mol. The van der Waals surface area contributed by atoms with Crippen molar-refractivity contribution in [2.24, 2.45) is 0 Å². The van der Waals surface area contributed by atoms with Gasteiger partial charge in [-0.05, 0) is 55.0 Å². The first-order valence-electron chi connectivity index (χ1n) is 12.9. The SMILES string of the molecule is CCc1sc(NC(=O)c2cccc3c2oc2ccc(Cl)cc23)nc1-c1ccc(OC(C(=O)O)c2ccccc2)cc1. The molecule has 204 valence electrons. The second-order valence-electron chi connectivity index (χ2n) is 9.29. The number of aryl methyl sites for hydroxylation is 1. The number of amides is 1. The molecule has 41 heavy (non-hydrogen) atoms. The van der Waals surface area contributed by atoms with E-state index in [0.29, 0.717) is 38.2 Å². The maximum absolute atomic E-state index is 13.3. The van der Waals surface area contributed by atoms with Crippen LogP contribution < -0.4 is 10.1 Å². The van der Waals surface area contributed by atoms with E-state index in [1.807, 2.05) is 43.3 Å². The maximum Gasteiger partial charge on any atom is 0.349 e. The lowest BCUT2D eigenvalue weighted by Crippen LogP contribution is -2.18. The number of aliphatic carboxylic acids is 1. The van der Waals surface area contributed by atoms with E-state index in [4.69, 9.17) is 25.7 Å². The summed E-state index contributed by atoms with van der Waals surface area (Å²) in [4.78, 5) is 30.9. The van der Waals surface area contributed by atoms with Crippen LogP contribution in [0.4, 0.5) is 5.13 Å². The molecule has 0 fully saturated rings. The molecule has 0 saturated carbocycles. The van der Waals surface area contributed by atoms with Crippen LogP contribution in [0.15, 0.2) is 95.4 Å². The van der Waals surface area contributed by atoms with E-state index >= 15 is 0 Å². The van der Waals surface area contributed by atoms with Gasteiger partial charge in [0.2, 0.25) is 6.10 Å². The van der Waals surface area contributed by atoms with Gasteiger partial charge in [0.05, 0.1) is 11.3 Å². The fourth-order valence-electron chi connectivity index (χ4n) is 4.70. The highest BCUT2D eigenvalue weighted by atomic mass is 35.5. The lowest BCUT2D eigenvalue weighted by Gasteiger charge is -2.15. The summed E-state index contributed by atoms with van der Waals surface area (Å²) < 4.78 is 11.8. The number of nitrogens with one attached hydrogen (secondary N) is 1. The number of hydrogen-bond donors (Lipinski definition) is 2. The predicted molar refractivity (Wildman–Crippen MR) is 161 cm³/mol. The molecule has 1 atom stereocenters. The minimum atomic E-state index is -1.12. The summed E-state index contributed by atoms with van der Waals surface area (Å²) in [7, 11) is 0. The van der Waals surface area contributed by atoms with E-state index in [-0.39, 0.29) is 5.91 Å². The molecule has 0 aliphatic carbocycles. The number of thiazole rings is 1. The van der Waals surface area contributed by atoms with Crippen LogP contribution in [0.2, 0.25) is 5.02 Å². The molecule has 0 spiro atoms. The Bertz CT molecular complexity index is 1900. The van der Waals surface area contributed by atoms with Gasteiger partial charge in [-0.15, -0.1) is 11.3 Å². The molecule has 4 aromatic carbocycles. The average Bonchev–Trinajstić information content (AvgIpc) is 3.57. The lowest BCUT2D eigenvalue weighted by atomic mass is 10.1. The van der Waals surface area contributed by atoms with Crippen molar-refractivity contribution in [3.63, 3.8) is 0 Å². The first kappa shape index (κ1) is 26.6. The highest BCUT2D eigenvalue weighted by Crippen LogP contribution is 2.35. The van der Waals surface area contributed by atoms with Crippen molar-refractivity contribution < 1.29 is 23.8 Å². The Morgan fingerprint density at radius 1 is 1.00 bits per heavy atom. The highest BCUT2D eigenvalue weighted by Gasteiger charge is 2.22. The minimum absolute atomic E-state index is 0.326. The number of carbonyl (C=O) groups excluding carboxylic acids is 1. The van der Waals surface area contributed by atoms with Gasteiger partial charge < -0.3 is 14.3 Å². The van der Waals surface area contributed by atoms with Crippen molar-refractivity contribution >= 4 is 61.9 Å². The van der Waals surface area contributed by atoms with E-state index in [9.17, 15) is 14.7 Å². The monoisotopic (exact) mass is 582 g/mol. The van der Waals surface area contributed by atoms with Crippen molar-refractivity contribution in [2.75, 3.05) is 5.32 Å². The fraction of sp³-hybridized carbons (Fsp3) is 0.0938. The van der Waals surface area contributed by atoms with Gasteiger partial charge in [-0.1, -0.05) is 61.0 Å². The van der Waals surface area contributed by atoms with Gasteiger partial charge in [-0.3, -0.25) is 10.1 Å². The van der Waals surface area contributed by atoms with Gasteiger partial charge >= 0.3 is 5.97 Å². The van der Waals surface area contributed by atoms with Gasteiger partial charge in [-0.2, -0.15) is 0 Å². The summed E-state index contributed by atoms with van der Waals surface area (Å²) in [6, 6.07) is 26.7. The van der Waals surface area contributed by atoms with Gasteiger partial charge in [0, 0.05) is 31.8 Å². The number of rotatable bonds is 8. The number of carbonyl (C=O) groups is 2. The zero-order chi connectivity index (χ0) is 28.5. The Morgan fingerprint density at radius 3 is 2.51 bits per heavy atom. The Morgan fingerprint density at radius 2 is 1.78 bits per heavy atom. The number of hydrogen-bond acceptors (Lipinski definition) is 6. The molecule has 0 aliphatic rings. The molecule has 0 aliphatic heterocycles. The molecule has 0 bridgehead atoms.